The molecule has 11 heteroatoms. The predicted octanol–water partition coefficient (Wildman–Crippen LogP) is 2.75. The summed E-state index contributed by atoms with van der Waals surface area (Å²) in [5.41, 5.74) is 1.48. The van der Waals surface area contributed by atoms with Gasteiger partial charge in [-0.15, -0.1) is 11.8 Å². The van der Waals surface area contributed by atoms with Crippen molar-refractivity contribution in [3.8, 4) is 5.75 Å². The van der Waals surface area contributed by atoms with E-state index < -0.39 is 28.7 Å². The summed E-state index contributed by atoms with van der Waals surface area (Å²) < 4.78 is 10.2. The lowest BCUT2D eigenvalue weighted by Crippen LogP contribution is -2.55. The highest BCUT2D eigenvalue weighted by Crippen LogP contribution is 2.62. The maximum absolute atomic E-state index is 14.9. The van der Waals surface area contributed by atoms with Crippen molar-refractivity contribution in [3.05, 3.63) is 84.5 Å². The van der Waals surface area contributed by atoms with Crippen molar-refractivity contribution in [3.63, 3.8) is 0 Å². The molecule has 10 nitrogen and oxygen atoms in total. The number of amides is 3. The van der Waals surface area contributed by atoms with Crippen LogP contribution in [0, 0.1) is 11.8 Å². The molecule has 1 spiro atoms. The van der Waals surface area contributed by atoms with Crippen molar-refractivity contribution in [1.82, 2.24) is 14.7 Å². The molecular formula is C36H42N4O6S. The van der Waals surface area contributed by atoms with Crippen LogP contribution < -0.4 is 9.64 Å². The number of carbonyl (C=O) groups is 3. The van der Waals surface area contributed by atoms with Crippen molar-refractivity contribution in [1.29, 1.82) is 0 Å². The number of carbonyl (C=O) groups excluding carboxylic acids is 3. The van der Waals surface area contributed by atoms with E-state index in [0.717, 1.165) is 30.1 Å². The predicted molar refractivity (Wildman–Crippen MR) is 180 cm³/mol. The zero-order valence-corrected chi connectivity index (χ0v) is 27.5. The number of aliphatic hydroxyl groups is 1. The highest BCUT2D eigenvalue weighted by atomic mass is 32.2. The van der Waals surface area contributed by atoms with Gasteiger partial charge in [-0.2, -0.15) is 0 Å². The number of benzene rings is 2. The Balaban J connectivity index is 1.26. The fourth-order valence-corrected chi connectivity index (χ4v) is 9.89. The molecule has 0 saturated carbocycles. The van der Waals surface area contributed by atoms with Gasteiger partial charge in [0.2, 0.25) is 17.7 Å². The Morgan fingerprint density at radius 3 is 2.45 bits per heavy atom. The molecule has 248 valence electrons. The Labute approximate surface area is 280 Å². The van der Waals surface area contributed by atoms with Gasteiger partial charge in [-0.05, 0) is 36.8 Å². The molecule has 5 aliphatic heterocycles. The Morgan fingerprint density at radius 2 is 1.72 bits per heavy atom. The normalized spacial score (nSPS) is 29.7. The molecule has 0 radical (unpaired) electrons. The lowest BCUT2D eigenvalue weighted by Gasteiger charge is -2.39. The largest absolute Gasteiger partial charge is 0.494 e. The number of nitrogens with zero attached hydrogens (tertiary/aromatic N) is 4. The molecule has 3 saturated heterocycles. The summed E-state index contributed by atoms with van der Waals surface area (Å²) >= 11 is 1.56. The Bertz CT molecular complexity index is 1530. The first-order chi connectivity index (χ1) is 23.0. The maximum Gasteiger partial charge on any atom is 0.247 e. The molecule has 47 heavy (non-hydrogen) atoms. The van der Waals surface area contributed by atoms with Crippen LogP contribution in [0.4, 0.5) is 5.69 Å². The van der Waals surface area contributed by atoms with E-state index in [0.29, 0.717) is 46.0 Å². The van der Waals surface area contributed by atoms with Gasteiger partial charge in [-0.3, -0.25) is 19.3 Å². The summed E-state index contributed by atoms with van der Waals surface area (Å²) in [6.07, 6.45) is 8.09. The summed E-state index contributed by atoms with van der Waals surface area (Å²) in [6, 6.07) is 15.2. The maximum atomic E-state index is 14.9. The second-order valence-electron chi connectivity index (χ2n) is 12.6. The van der Waals surface area contributed by atoms with Gasteiger partial charge in [0.05, 0.1) is 49.1 Å². The van der Waals surface area contributed by atoms with Gasteiger partial charge in [-0.1, -0.05) is 54.6 Å². The first kappa shape index (κ1) is 31.9. The molecule has 6 atom stereocenters. The van der Waals surface area contributed by atoms with E-state index >= 15 is 0 Å². The zero-order chi connectivity index (χ0) is 32.5. The summed E-state index contributed by atoms with van der Waals surface area (Å²) in [7, 11) is 0. The number of rotatable bonds is 9. The molecule has 1 unspecified atom stereocenters. The second-order valence-corrected chi connectivity index (χ2v) is 14.1. The summed E-state index contributed by atoms with van der Waals surface area (Å²) in [5, 5.41) is 10.5. The van der Waals surface area contributed by atoms with Crippen LogP contribution in [0.5, 0.6) is 5.75 Å². The number of ether oxygens (including phenoxy) is 2. The van der Waals surface area contributed by atoms with Crippen LogP contribution in [0.2, 0.25) is 0 Å². The Hall–Kier alpha value is -3.64. The number of aliphatic hydroxyl groups excluding tert-OH is 1. The minimum Gasteiger partial charge on any atom is -0.494 e. The molecule has 0 aliphatic carbocycles. The first-order valence-electron chi connectivity index (χ1n) is 16.6. The van der Waals surface area contributed by atoms with E-state index in [2.05, 4.69) is 4.90 Å². The van der Waals surface area contributed by atoms with Gasteiger partial charge in [0, 0.05) is 50.2 Å². The van der Waals surface area contributed by atoms with Crippen molar-refractivity contribution < 1.29 is 29.0 Å². The van der Waals surface area contributed by atoms with Crippen molar-refractivity contribution >= 4 is 35.2 Å². The Kier molecular flexibility index (Phi) is 9.15. The molecule has 0 bridgehead atoms. The molecule has 0 aromatic heterocycles. The van der Waals surface area contributed by atoms with Crippen LogP contribution in [-0.4, -0.2) is 119 Å². The third-order valence-corrected chi connectivity index (χ3v) is 11.9. The molecule has 5 aliphatic rings. The molecular weight excluding hydrogens is 616 g/mol. The first-order valence-corrected chi connectivity index (χ1v) is 17.5. The average Bonchev–Trinajstić information content (AvgIpc) is 3.42. The zero-order valence-electron chi connectivity index (χ0n) is 26.6. The number of fused-ring (bicyclic) bond motifs is 2. The van der Waals surface area contributed by atoms with Crippen molar-refractivity contribution in [2.24, 2.45) is 11.8 Å². The number of hydrogen-bond acceptors (Lipinski definition) is 8. The van der Waals surface area contributed by atoms with Crippen LogP contribution in [0.15, 0.2) is 78.9 Å². The van der Waals surface area contributed by atoms with Gasteiger partial charge in [0.1, 0.15) is 11.8 Å². The SMILES string of the molecule is CCOc1ccc(N2CC=C[C@H]3S[C@]45C=CCN(CCN6CCOCC6)C(=O)C4N([C@H](CO)c4ccccc4)C(=O)[C@@H]5[C@H]3C2=O)cc1. The minimum atomic E-state index is -0.971. The van der Waals surface area contributed by atoms with Gasteiger partial charge >= 0.3 is 0 Å². The van der Waals surface area contributed by atoms with Crippen molar-refractivity contribution in [2.45, 2.75) is 29.0 Å². The standard InChI is InChI=1S/C36H42N4O6S/c1-2-46-27-13-11-26(12-14-27)39-17-6-10-29-30(33(39)42)31-34(43)40(28(24-41)25-8-4-3-5-9-25)32-35(44)38(16-7-15-36(31,32)47-29)19-18-37-20-22-45-23-21-37/h3-15,28-32,41H,2,16-24H2,1H3/t28-,29-,30+,31+,32?,36+/m1/s1. The third-order valence-electron chi connectivity index (χ3n) is 10.1. The third kappa shape index (κ3) is 5.67. The smallest absolute Gasteiger partial charge is 0.247 e. The number of anilines is 1. The Morgan fingerprint density at radius 1 is 0.957 bits per heavy atom. The number of hydrogen-bond donors (Lipinski definition) is 1. The van der Waals surface area contributed by atoms with E-state index in [1.807, 2.05) is 90.7 Å². The van der Waals surface area contributed by atoms with Crippen LogP contribution in [0.3, 0.4) is 0 Å². The van der Waals surface area contributed by atoms with Gasteiger partial charge in [-0.25, -0.2) is 0 Å². The molecule has 2 aromatic carbocycles. The minimum absolute atomic E-state index is 0.137. The van der Waals surface area contributed by atoms with Crippen LogP contribution >= 0.6 is 11.8 Å². The van der Waals surface area contributed by atoms with Crippen LogP contribution in [0.25, 0.3) is 0 Å². The van der Waals surface area contributed by atoms with Crippen molar-refractivity contribution in [2.75, 3.05) is 70.6 Å². The molecule has 3 amide bonds. The summed E-state index contributed by atoms with van der Waals surface area (Å²) in [6.45, 7) is 7.13. The van der Waals surface area contributed by atoms with Gasteiger partial charge < -0.3 is 29.3 Å². The topological polar surface area (TPSA) is 103 Å². The van der Waals surface area contributed by atoms with Crippen LogP contribution in [-0.2, 0) is 19.1 Å². The van der Waals surface area contributed by atoms with E-state index in [1.54, 1.807) is 21.6 Å². The molecule has 7 rings (SSSR count). The average molecular weight is 659 g/mol. The summed E-state index contributed by atoms with van der Waals surface area (Å²) in [4.78, 5) is 51.8. The van der Waals surface area contributed by atoms with Gasteiger partial charge in [0.15, 0.2) is 0 Å². The quantitative estimate of drug-likeness (QED) is 0.411. The second kappa shape index (κ2) is 13.5. The molecule has 3 fully saturated rings. The molecule has 2 aromatic rings. The van der Waals surface area contributed by atoms with Gasteiger partial charge in [0.25, 0.3) is 0 Å². The molecule has 5 heterocycles. The highest BCUT2D eigenvalue weighted by Gasteiger charge is 2.72. The fraction of sp³-hybridized carbons (Fsp3) is 0.472. The highest BCUT2D eigenvalue weighted by molar-refractivity contribution is 8.02. The number of likely N-dealkylation sites (tertiary alicyclic amines) is 1. The van der Waals surface area contributed by atoms with E-state index in [1.165, 1.54) is 0 Å². The number of morpholine rings is 1. The lowest BCUT2D eigenvalue weighted by atomic mass is 9.78. The monoisotopic (exact) mass is 658 g/mol. The van der Waals surface area contributed by atoms with E-state index in [4.69, 9.17) is 9.47 Å². The number of thioether (sulfide) groups is 1. The van der Waals surface area contributed by atoms with E-state index in [9.17, 15) is 19.5 Å². The van der Waals surface area contributed by atoms with Crippen LogP contribution in [0.1, 0.15) is 18.5 Å². The lowest BCUT2D eigenvalue weighted by molar-refractivity contribution is -0.145. The summed E-state index contributed by atoms with van der Waals surface area (Å²) in [5.74, 6) is -1.28. The fourth-order valence-electron chi connectivity index (χ4n) is 7.90. The molecule has 1 N–H and O–H groups in total. The van der Waals surface area contributed by atoms with E-state index in [-0.39, 0.29) is 29.6 Å².